The van der Waals surface area contributed by atoms with Gasteiger partial charge in [-0.15, -0.1) is 24.0 Å². The van der Waals surface area contributed by atoms with Crippen molar-refractivity contribution in [3.05, 3.63) is 0 Å². The number of rotatable bonds is 14. The van der Waals surface area contributed by atoms with E-state index in [2.05, 4.69) is 48.3 Å². The van der Waals surface area contributed by atoms with Crippen molar-refractivity contribution >= 4 is 29.9 Å². The van der Waals surface area contributed by atoms with Crippen molar-refractivity contribution in [1.29, 1.82) is 0 Å². The molecule has 0 atom stereocenters. The Hall–Kier alpha value is -0.120. The van der Waals surface area contributed by atoms with Crippen LogP contribution in [0.3, 0.4) is 0 Å². The van der Waals surface area contributed by atoms with Crippen LogP contribution in [0.25, 0.3) is 0 Å². The standard InChI is InChI=1S/C17H38N4O2.HI/c1-6-18-17(19-9-7-14-23-15-16(2)3)20-10-12-21(4)11-8-13-22-5;/h16H,6-15H2,1-5H3,(H2,18,19,20);1H. The van der Waals surface area contributed by atoms with Gasteiger partial charge in [0.05, 0.1) is 0 Å². The summed E-state index contributed by atoms with van der Waals surface area (Å²) in [4.78, 5) is 6.88. The maximum absolute atomic E-state index is 5.57. The molecule has 0 aliphatic carbocycles. The molecule has 0 aromatic rings. The van der Waals surface area contributed by atoms with Crippen molar-refractivity contribution in [1.82, 2.24) is 15.5 Å². The van der Waals surface area contributed by atoms with E-state index in [1.165, 1.54) is 0 Å². The summed E-state index contributed by atoms with van der Waals surface area (Å²) in [6.45, 7) is 13.4. The zero-order chi connectivity index (χ0) is 17.3. The van der Waals surface area contributed by atoms with Gasteiger partial charge >= 0.3 is 0 Å². The van der Waals surface area contributed by atoms with Gasteiger partial charge in [-0.2, -0.15) is 0 Å². The van der Waals surface area contributed by atoms with E-state index in [1.807, 2.05) is 0 Å². The van der Waals surface area contributed by atoms with Crippen molar-refractivity contribution in [2.24, 2.45) is 10.9 Å². The highest BCUT2D eigenvalue weighted by Crippen LogP contribution is 1.93. The van der Waals surface area contributed by atoms with E-state index < -0.39 is 0 Å². The second kappa shape index (κ2) is 19.2. The molecule has 0 aliphatic heterocycles. The topological polar surface area (TPSA) is 58.1 Å². The summed E-state index contributed by atoms with van der Waals surface area (Å²) in [5.41, 5.74) is 0. The van der Waals surface area contributed by atoms with Crippen LogP contribution in [0.5, 0.6) is 0 Å². The van der Waals surface area contributed by atoms with Gasteiger partial charge in [0.2, 0.25) is 0 Å². The van der Waals surface area contributed by atoms with Crippen LogP contribution in [0.15, 0.2) is 4.99 Å². The summed E-state index contributed by atoms with van der Waals surface area (Å²) in [5.74, 6) is 1.49. The van der Waals surface area contributed by atoms with E-state index in [0.29, 0.717) is 5.92 Å². The first-order valence-electron chi connectivity index (χ1n) is 8.87. The number of hydrogen-bond acceptors (Lipinski definition) is 4. The van der Waals surface area contributed by atoms with Crippen molar-refractivity contribution < 1.29 is 9.47 Å². The summed E-state index contributed by atoms with van der Waals surface area (Å²) in [6, 6.07) is 0. The predicted octanol–water partition coefficient (Wildman–Crippen LogP) is 2.19. The summed E-state index contributed by atoms with van der Waals surface area (Å²) in [5, 5.41) is 6.65. The lowest BCUT2D eigenvalue weighted by atomic mass is 10.2. The minimum absolute atomic E-state index is 0. The lowest BCUT2D eigenvalue weighted by Crippen LogP contribution is -2.41. The molecule has 2 N–H and O–H groups in total. The van der Waals surface area contributed by atoms with Crippen molar-refractivity contribution in [2.45, 2.75) is 33.6 Å². The minimum atomic E-state index is 0. The van der Waals surface area contributed by atoms with Crippen LogP contribution in [0.4, 0.5) is 0 Å². The Kier molecular flexibility index (Phi) is 20.9. The number of halogens is 1. The third kappa shape index (κ3) is 18.2. The molecule has 0 unspecified atom stereocenters. The Morgan fingerprint density at radius 1 is 1.12 bits per heavy atom. The molecule has 7 heteroatoms. The van der Waals surface area contributed by atoms with Gasteiger partial charge < -0.3 is 25.0 Å². The Morgan fingerprint density at radius 2 is 1.88 bits per heavy atom. The fourth-order valence-corrected chi connectivity index (χ4v) is 1.97. The average Bonchev–Trinajstić information content (AvgIpc) is 2.50. The van der Waals surface area contributed by atoms with E-state index in [1.54, 1.807) is 7.11 Å². The van der Waals surface area contributed by atoms with Crippen molar-refractivity contribution in [3.8, 4) is 0 Å². The maximum Gasteiger partial charge on any atom is 0.191 e. The molecule has 146 valence electrons. The fourth-order valence-electron chi connectivity index (χ4n) is 1.97. The number of aliphatic imine (C=N–C) groups is 1. The number of ether oxygens (including phenoxy) is 2. The van der Waals surface area contributed by atoms with E-state index in [0.717, 1.165) is 71.3 Å². The van der Waals surface area contributed by atoms with Gasteiger partial charge in [0.15, 0.2) is 5.96 Å². The quantitative estimate of drug-likeness (QED) is 0.181. The van der Waals surface area contributed by atoms with E-state index >= 15 is 0 Å². The largest absolute Gasteiger partial charge is 0.385 e. The highest BCUT2D eigenvalue weighted by atomic mass is 127. The molecule has 0 heterocycles. The third-order valence-corrected chi connectivity index (χ3v) is 3.19. The van der Waals surface area contributed by atoms with Crippen LogP contribution in [-0.2, 0) is 9.47 Å². The molecule has 0 rings (SSSR count). The molecular weight excluding hydrogens is 419 g/mol. The first-order valence-corrected chi connectivity index (χ1v) is 8.87. The van der Waals surface area contributed by atoms with Crippen LogP contribution >= 0.6 is 24.0 Å². The highest BCUT2D eigenvalue weighted by molar-refractivity contribution is 14.0. The summed E-state index contributed by atoms with van der Waals surface area (Å²) in [6.07, 6.45) is 2.03. The number of methoxy groups -OCH3 is 1. The molecule has 0 aromatic carbocycles. The van der Waals surface area contributed by atoms with Crippen LogP contribution in [-0.4, -0.2) is 77.6 Å². The Bertz CT molecular complexity index is 292. The number of guanidine groups is 1. The highest BCUT2D eigenvalue weighted by Gasteiger charge is 2.00. The first-order chi connectivity index (χ1) is 11.1. The smallest absolute Gasteiger partial charge is 0.191 e. The lowest BCUT2D eigenvalue weighted by Gasteiger charge is -2.18. The van der Waals surface area contributed by atoms with Gasteiger partial charge in [-0.05, 0) is 32.7 Å². The average molecular weight is 458 g/mol. The Morgan fingerprint density at radius 3 is 2.50 bits per heavy atom. The van der Waals surface area contributed by atoms with Gasteiger partial charge in [-0.25, -0.2) is 0 Å². The summed E-state index contributed by atoms with van der Waals surface area (Å²) >= 11 is 0. The van der Waals surface area contributed by atoms with Gasteiger partial charge in [-0.1, -0.05) is 13.8 Å². The monoisotopic (exact) mass is 458 g/mol. The van der Waals surface area contributed by atoms with Crippen LogP contribution in [0.2, 0.25) is 0 Å². The second-order valence-electron chi connectivity index (χ2n) is 6.16. The predicted molar refractivity (Wildman–Crippen MR) is 114 cm³/mol. The molecule has 0 aliphatic rings. The van der Waals surface area contributed by atoms with Gasteiger partial charge in [0, 0.05) is 59.7 Å². The van der Waals surface area contributed by atoms with Gasteiger partial charge in [0.25, 0.3) is 0 Å². The molecule has 0 radical (unpaired) electrons. The normalized spacial score (nSPS) is 11.7. The van der Waals surface area contributed by atoms with Gasteiger partial charge in [0.1, 0.15) is 0 Å². The second-order valence-corrected chi connectivity index (χ2v) is 6.16. The molecule has 0 amide bonds. The molecule has 0 saturated heterocycles. The Balaban J connectivity index is 0. The molecular formula is C17H39IN4O2. The van der Waals surface area contributed by atoms with Crippen molar-refractivity contribution in [2.75, 3.05) is 66.7 Å². The number of nitrogens with one attached hydrogen (secondary N) is 2. The molecule has 6 nitrogen and oxygen atoms in total. The molecule has 0 saturated carbocycles. The molecule has 24 heavy (non-hydrogen) atoms. The maximum atomic E-state index is 5.57. The summed E-state index contributed by atoms with van der Waals surface area (Å²) < 4.78 is 10.6. The van der Waals surface area contributed by atoms with Crippen LogP contribution < -0.4 is 10.6 Å². The van der Waals surface area contributed by atoms with E-state index in [9.17, 15) is 0 Å². The van der Waals surface area contributed by atoms with Gasteiger partial charge in [-0.3, -0.25) is 4.99 Å². The zero-order valence-electron chi connectivity index (χ0n) is 16.3. The van der Waals surface area contributed by atoms with E-state index in [4.69, 9.17) is 9.47 Å². The molecule has 0 bridgehead atoms. The lowest BCUT2D eigenvalue weighted by molar-refractivity contribution is 0.109. The molecule has 0 fully saturated rings. The first kappa shape index (κ1) is 26.1. The van der Waals surface area contributed by atoms with Crippen LogP contribution in [0, 0.1) is 5.92 Å². The number of nitrogens with zero attached hydrogens (tertiary/aromatic N) is 2. The molecule has 0 aromatic heterocycles. The number of hydrogen-bond donors (Lipinski definition) is 2. The summed E-state index contributed by atoms with van der Waals surface area (Å²) in [7, 11) is 3.88. The Labute approximate surface area is 166 Å². The fraction of sp³-hybridized carbons (Fsp3) is 0.941. The van der Waals surface area contributed by atoms with Crippen LogP contribution in [0.1, 0.15) is 33.6 Å². The third-order valence-electron chi connectivity index (χ3n) is 3.19. The number of likely N-dealkylation sites (N-methyl/N-ethyl adjacent to an activating group) is 1. The minimum Gasteiger partial charge on any atom is -0.385 e. The molecule has 0 spiro atoms. The van der Waals surface area contributed by atoms with E-state index in [-0.39, 0.29) is 24.0 Å². The SMILES string of the molecule is CCNC(=NCCCOCC(C)C)NCCN(C)CCCOC.I. The van der Waals surface area contributed by atoms with Crippen molar-refractivity contribution in [3.63, 3.8) is 0 Å². The zero-order valence-corrected chi connectivity index (χ0v) is 18.6.